The highest BCUT2D eigenvalue weighted by atomic mass is 32.2. The minimum Gasteiger partial charge on any atom is -0.311 e. The molecule has 1 amide bonds. The van der Waals surface area contributed by atoms with Crippen LogP contribution >= 0.6 is 11.8 Å². The zero-order chi connectivity index (χ0) is 20.6. The predicted octanol–water partition coefficient (Wildman–Crippen LogP) is 4.31. The van der Waals surface area contributed by atoms with E-state index in [1.54, 1.807) is 4.90 Å². The fraction of sp³-hybridized carbons (Fsp3) is 0.273. The Morgan fingerprint density at radius 1 is 1.14 bits per heavy atom. The van der Waals surface area contributed by atoms with E-state index in [0.29, 0.717) is 18.2 Å². The molecule has 1 aromatic heterocycles. The number of aryl methyl sites for hydroxylation is 1. The Hall–Kier alpha value is -3.11. The van der Waals surface area contributed by atoms with Gasteiger partial charge in [0.25, 0.3) is 0 Å². The van der Waals surface area contributed by atoms with Gasteiger partial charge in [0.2, 0.25) is 5.91 Å². The van der Waals surface area contributed by atoms with Gasteiger partial charge in [0.1, 0.15) is 0 Å². The maximum atomic E-state index is 12.9. The molecule has 29 heavy (non-hydrogen) atoms. The number of thioether (sulfide) groups is 1. The van der Waals surface area contributed by atoms with Crippen molar-refractivity contribution in [3.63, 3.8) is 0 Å². The van der Waals surface area contributed by atoms with E-state index in [0.717, 1.165) is 22.6 Å². The lowest BCUT2D eigenvalue weighted by Crippen LogP contribution is -2.33. The molecule has 0 unspecified atom stereocenters. The first-order valence-electron chi connectivity index (χ1n) is 9.49. The van der Waals surface area contributed by atoms with Crippen LogP contribution in [-0.2, 0) is 11.3 Å². The summed E-state index contributed by atoms with van der Waals surface area (Å²) in [6.45, 7) is 5.12. The van der Waals surface area contributed by atoms with Crippen LogP contribution in [0.15, 0.2) is 59.8 Å². The van der Waals surface area contributed by atoms with Crippen molar-refractivity contribution in [3.8, 4) is 17.5 Å². The fourth-order valence-corrected chi connectivity index (χ4v) is 3.85. The highest BCUT2D eigenvalue weighted by Crippen LogP contribution is 2.25. The Balaban J connectivity index is 1.75. The normalized spacial score (nSPS) is 10.5. The molecule has 6 nitrogen and oxygen atoms in total. The van der Waals surface area contributed by atoms with E-state index in [2.05, 4.69) is 16.3 Å². The lowest BCUT2D eigenvalue weighted by molar-refractivity contribution is -0.116. The van der Waals surface area contributed by atoms with E-state index >= 15 is 0 Å². The van der Waals surface area contributed by atoms with Gasteiger partial charge in [-0.3, -0.25) is 4.79 Å². The number of carbonyl (C=O) groups is 1. The zero-order valence-electron chi connectivity index (χ0n) is 16.6. The van der Waals surface area contributed by atoms with Gasteiger partial charge in [-0.25, -0.2) is 0 Å². The molecule has 0 atom stereocenters. The van der Waals surface area contributed by atoms with Crippen molar-refractivity contribution in [2.45, 2.75) is 32.0 Å². The Bertz CT molecular complexity index is 992. The van der Waals surface area contributed by atoms with E-state index in [-0.39, 0.29) is 18.1 Å². The van der Waals surface area contributed by atoms with Crippen molar-refractivity contribution in [3.05, 3.63) is 60.2 Å². The molecule has 2 aromatic carbocycles. The highest BCUT2D eigenvalue weighted by Gasteiger charge is 2.19. The quantitative estimate of drug-likeness (QED) is 0.522. The molecule has 0 bridgehead atoms. The van der Waals surface area contributed by atoms with Crippen molar-refractivity contribution < 1.29 is 4.79 Å². The molecule has 0 N–H and O–H groups in total. The van der Waals surface area contributed by atoms with Gasteiger partial charge in [0.05, 0.1) is 18.2 Å². The number of hydrogen-bond acceptors (Lipinski definition) is 5. The van der Waals surface area contributed by atoms with Crippen LogP contribution in [-0.4, -0.2) is 33.0 Å². The maximum absolute atomic E-state index is 12.9. The summed E-state index contributed by atoms with van der Waals surface area (Å²) in [6.07, 6.45) is 0.285. The van der Waals surface area contributed by atoms with Gasteiger partial charge in [-0.2, -0.15) is 5.26 Å². The lowest BCUT2D eigenvalue weighted by atomic mass is 10.2. The number of carbonyl (C=O) groups excluding carboxylic acids is 1. The summed E-state index contributed by atoms with van der Waals surface area (Å²) in [5.41, 5.74) is 2.93. The average molecular weight is 406 g/mol. The zero-order valence-corrected chi connectivity index (χ0v) is 17.4. The maximum Gasteiger partial charge on any atom is 0.237 e. The summed E-state index contributed by atoms with van der Waals surface area (Å²) >= 11 is 1.37. The van der Waals surface area contributed by atoms with Crippen LogP contribution in [0.5, 0.6) is 0 Å². The standard InChI is InChI=1S/C22H23N5OS/c1-3-26-21(18-8-5-4-6-9-18)24-25-22(26)29-16-20(28)27(15-7-14-23)19-12-10-17(2)11-13-19/h4-6,8-13H,3,7,15-16H2,1-2H3. The van der Waals surface area contributed by atoms with Gasteiger partial charge in [0, 0.05) is 24.3 Å². The second kappa shape index (κ2) is 9.89. The third kappa shape index (κ3) is 5.04. The van der Waals surface area contributed by atoms with Crippen LogP contribution in [0.3, 0.4) is 0 Å². The molecular weight excluding hydrogens is 382 g/mol. The van der Waals surface area contributed by atoms with Gasteiger partial charge >= 0.3 is 0 Å². The van der Waals surface area contributed by atoms with Gasteiger partial charge in [-0.05, 0) is 26.0 Å². The molecular formula is C22H23N5OS. The molecule has 7 heteroatoms. The van der Waals surface area contributed by atoms with E-state index in [1.165, 1.54) is 11.8 Å². The summed E-state index contributed by atoms with van der Waals surface area (Å²) < 4.78 is 2.01. The Labute approximate surface area is 175 Å². The number of benzene rings is 2. The van der Waals surface area contributed by atoms with Crippen molar-refractivity contribution in [1.29, 1.82) is 5.26 Å². The predicted molar refractivity (Wildman–Crippen MR) is 116 cm³/mol. The number of hydrogen-bond donors (Lipinski definition) is 0. The number of nitriles is 1. The van der Waals surface area contributed by atoms with Gasteiger partial charge in [-0.15, -0.1) is 10.2 Å². The molecule has 0 saturated heterocycles. The number of aromatic nitrogens is 3. The van der Waals surface area contributed by atoms with Gasteiger partial charge < -0.3 is 9.47 Å². The minimum atomic E-state index is -0.0546. The van der Waals surface area contributed by atoms with Crippen molar-refractivity contribution >= 4 is 23.4 Å². The lowest BCUT2D eigenvalue weighted by Gasteiger charge is -2.21. The summed E-state index contributed by atoms with van der Waals surface area (Å²) in [7, 11) is 0. The summed E-state index contributed by atoms with van der Waals surface area (Å²) in [4.78, 5) is 14.6. The number of rotatable bonds is 8. The topological polar surface area (TPSA) is 74.8 Å². The third-order valence-corrected chi connectivity index (χ3v) is 5.44. The van der Waals surface area contributed by atoms with E-state index in [9.17, 15) is 4.79 Å². The largest absolute Gasteiger partial charge is 0.311 e. The van der Waals surface area contributed by atoms with Crippen LogP contribution in [0.4, 0.5) is 5.69 Å². The number of nitrogens with zero attached hydrogens (tertiary/aromatic N) is 5. The van der Waals surface area contributed by atoms with Gasteiger partial charge in [0.15, 0.2) is 11.0 Å². The minimum absolute atomic E-state index is 0.0546. The molecule has 0 saturated carbocycles. The summed E-state index contributed by atoms with van der Waals surface area (Å²) in [5, 5.41) is 18.3. The van der Waals surface area contributed by atoms with Crippen LogP contribution in [0.2, 0.25) is 0 Å². The van der Waals surface area contributed by atoms with Crippen LogP contribution in [0, 0.1) is 18.3 Å². The second-order valence-corrected chi connectivity index (χ2v) is 7.44. The highest BCUT2D eigenvalue weighted by molar-refractivity contribution is 7.99. The molecule has 1 heterocycles. The molecule has 0 fully saturated rings. The Morgan fingerprint density at radius 2 is 1.86 bits per heavy atom. The number of anilines is 1. The molecule has 0 aliphatic rings. The fourth-order valence-electron chi connectivity index (χ4n) is 2.97. The molecule has 0 spiro atoms. The number of amides is 1. The third-order valence-electron chi connectivity index (χ3n) is 4.48. The molecule has 3 aromatic rings. The molecule has 0 radical (unpaired) electrons. The Kier molecular flexibility index (Phi) is 7.04. The van der Waals surface area contributed by atoms with E-state index in [1.807, 2.05) is 73.0 Å². The molecule has 3 rings (SSSR count). The smallest absolute Gasteiger partial charge is 0.237 e. The monoisotopic (exact) mass is 405 g/mol. The molecule has 0 aliphatic heterocycles. The first-order valence-corrected chi connectivity index (χ1v) is 10.5. The van der Waals surface area contributed by atoms with Crippen LogP contribution in [0.1, 0.15) is 18.9 Å². The van der Waals surface area contributed by atoms with Crippen LogP contribution in [0.25, 0.3) is 11.4 Å². The first kappa shape index (κ1) is 20.6. The van der Waals surface area contributed by atoms with Crippen molar-refractivity contribution in [1.82, 2.24) is 14.8 Å². The molecule has 148 valence electrons. The summed E-state index contributed by atoms with van der Waals surface area (Å²) in [5.74, 6) is 0.968. The first-order chi connectivity index (χ1) is 14.1. The summed E-state index contributed by atoms with van der Waals surface area (Å²) in [6, 6.07) is 19.8. The van der Waals surface area contributed by atoms with Crippen molar-refractivity contribution in [2.75, 3.05) is 17.2 Å². The SMILES string of the molecule is CCn1c(SCC(=O)N(CCC#N)c2ccc(C)cc2)nnc1-c1ccccc1. The second-order valence-electron chi connectivity index (χ2n) is 6.49. The average Bonchev–Trinajstić information content (AvgIpc) is 3.17. The Morgan fingerprint density at radius 3 is 2.52 bits per heavy atom. The van der Waals surface area contributed by atoms with Crippen molar-refractivity contribution in [2.24, 2.45) is 0 Å². The van der Waals surface area contributed by atoms with E-state index < -0.39 is 0 Å². The van der Waals surface area contributed by atoms with E-state index in [4.69, 9.17) is 5.26 Å². The van der Waals surface area contributed by atoms with Gasteiger partial charge in [-0.1, -0.05) is 59.8 Å². The molecule has 0 aliphatic carbocycles. The van der Waals surface area contributed by atoms with Crippen LogP contribution < -0.4 is 4.90 Å².